The predicted molar refractivity (Wildman–Crippen MR) is 16.4 cm³/mol. The highest BCUT2D eigenvalue weighted by atomic mass is 15.1. The Morgan fingerprint density at radius 3 is 2.40 bits per heavy atom. The number of azo groups is 1. The zero-order valence-electron chi connectivity index (χ0n) is 2.84. The quantitative estimate of drug-likeness (QED) is 0.302. The molecule has 3 heteroatoms. The van der Waals surface area contributed by atoms with Gasteiger partial charge in [-0.3, -0.25) is 0 Å². The fourth-order valence-electron chi connectivity index (χ4n) is 0.0447. The minimum absolute atomic E-state index is 1.45. The van der Waals surface area contributed by atoms with Gasteiger partial charge in [0.2, 0.25) is 6.19 Å². The Morgan fingerprint density at radius 2 is 2.40 bits per heavy atom. The van der Waals surface area contributed by atoms with E-state index >= 15 is 0 Å². The molecule has 5 heavy (non-hydrogen) atoms. The Bertz CT molecular complexity index is 67.5. The fourth-order valence-corrected chi connectivity index (χ4v) is 0.0447. The number of hydrogen-bond acceptors (Lipinski definition) is 3. The molecule has 0 aliphatic carbocycles. The summed E-state index contributed by atoms with van der Waals surface area (Å²) < 4.78 is 0. The van der Waals surface area contributed by atoms with E-state index in [1.165, 1.54) is 13.2 Å². The van der Waals surface area contributed by atoms with E-state index in [9.17, 15) is 0 Å². The van der Waals surface area contributed by atoms with Crippen LogP contribution in [0.2, 0.25) is 0 Å². The van der Waals surface area contributed by atoms with E-state index in [0.29, 0.717) is 0 Å². The molecule has 0 atom stereocenters. The van der Waals surface area contributed by atoms with Crippen molar-refractivity contribution in [3.05, 3.63) is 0 Å². The lowest BCUT2D eigenvalue weighted by Crippen LogP contribution is -1.38. The van der Waals surface area contributed by atoms with Gasteiger partial charge in [0.25, 0.3) is 0 Å². The van der Waals surface area contributed by atoms with Crippen LogP contribution in [0.1, 0.15) is 0 Å². The zero-order chi connectivity index (χ0) is 4.12. The van der Waals surface area contributed by atoms with Crippen LogP contribution in [-0.4, -0.2) is 7.05 Å². The lowest BCUT2D eigenvalue weighted by Gasteiger charge is -1.50. The van der Waals surface area contributed by atoms with Crippen molar-refractivity contribution in [1.82, 2.24) is 0 Å². The summed E-state index contributed by atoms with van der Waals surface area (Å²) in [6.45, 7) is 0. The standard InChI is InChI=1S/C2H3N3/c1-4-5-2-3/h1H3. The predicted octanol–water partition coefficient (Wildman–Crippen LogP) is 0.549. The minimum Gasteiger partial charge on any atom is -0.181 e. The van der Waals surface area contributed by atoms with Gasteiger partial charge in [-0.2, -0.15) is 10.4 Å². The molecule has 0 saturated heterocycles. The second-order valence-electron chi connectivity index (χ2n) is 0.400. The number of hydrogen-bond donors (Lipinski definition) is 0. The summed E-state index contributed by atoms with van der Waals surface area (Å²) in [6, 6.07) is 0. The third kappa shape index (κ3) is 3.09. The first-order chi connectivity index (χ1) is 2.41. The number of nitriles is 1. The molecule has 0 amide bonds. The molecule has 0 aromatic rings. The lowest BCUT2D eigenvalue weighted by atomic mass is 11.4. The van der Waals surface area contributed by atoms with Gasteiger partial charge < -0.3 is 0 Å². The maximum atomic E-state index is 7.56. The summed E-state index contributed by atoms with van der Waals surface area (Å²) >= 11 is 0. The highest BCUT2D eigenvalue weighted by molar-refractivity contribution is 4.56. The molecule has 0 aliphatic rings. The smallest absolute Gasteiger partial charge is 0.181 e. The van der Waals surface area contributed by atoms with Crippen molar-refractivity contribution >= 4 is 0 Å². The van der Waals surface area contributed by atoms with E-state index in [4.69, 9.17) is 5.26 Å². The van der Waals surface area contributed by atoms with Gasteiger partial charge in [0.1, 0.15) is 0 Å². The van der Waals surface area contributed by atoms with Crippen molar-refractivity contribution < 1.29 is 0 Å². The van der Waals surface area contributed by atoms with E-state index in [0.717, 1.165) is 0 Å². The van der Waals surface area contributed by atoms with Gasteiger partial charge >= 0.3 is 0 Å². The molecular weight excluding hydrogens is 66.0 g/mol. The van der Waals surface area contributed by atoms with E-state index in [-0.39, 0.29) is 0 Å². The molecular formula is C2H3N3. The largest absolute Gasteiger partial charge is 0.225 e. The average molecular weight is 69.1 g/mol. The van der Waals surface area contributed by atoms with Crippen molar-refractivity contribution in [2.75, 3.05) is 7.05 Å². The molecule has 0 bridgehead atoms. The summed E-state index contributed by atoms with van der Waals surface area (Å²) in [6.07, 6.45) is 1.48. The molecule has 0 aromatic carbocycles. The summed E-state index contributed by atoms with van der Waals surface area (Å²) in [4.78, 5) is 0. The highest BCUT2D eigenvalue weighted by Gasteiger charge is 1.45. The molecule has 0 heterocycles. The minimum atomic E-state index is 1.45. The molecule has 3 nitrogen and oxygen atoms in total. The first-order valence-corrected chi connectivity index (χ1v) is 1.09. The SMILES string of the molecule is CN=NC#N. The van der Waals surface area contributed by atoms with Crippen LogP contribution in [0.15, 0.2) is 10.2 Å². The van der Waals surface area contributed by atoms with Gasteiger partial charge in [0.05, 0.1) is 7.05 Å². The molecule has 26 valence electrons. The van der Waals surface area contributed by atoms with Crippen molar-refractivity contribution in [2.24, 2.45) is 10.2 Å². The van der Waals surface area contributed by atoms with E-state index in [1.807, 2.05) is 0 Å². The molecule has 0 radical (unpaired) electrons. The number of rotatable bonds is 0. The average Bonchev–Trinajstić information content (AvgIpc) is 1.41. The lowest BCUT2D eigenvalue weighted by molar-refractivity contribution is 1.17. The van der Waals surface area contributed by atoms with Crippen LogP contribution in [0, 0.1) is 11.5 Å². The van der Waals surface area contributed by atoms with E-state index in [1.54, 1.807) is 0 Å². The van der Waals surface area contributed by atoms with Crippen LogP contribution >= 0.6 is 0 Å². The van der Waals surface area contributed by atoms with E-state index < -0.39 is 0 Å². The molecule has 0 spiro atoms. The van der Waals surface area contributed by atoms with Crippen LogP contribution in [0.5, 0.6) is 0 Å². The monoisotopic (exact) mass is 69.0 g/mol. The molecule has 0 aliphatic heterocycles. The zero-order valence-corrected chi connectivity index (χ0v) is 2.84. The third-order valence-electron chi connectivity index (χ3n) is 0.145. The highest BCUT2D eigenvalue weighted by Crippen LogP contribution is 1.56. The molecule has 0 N–H and O–H groups in total. The van der Waals surface area contributed by atoms with Crippen LogP contribution in [0.3, 0.4) is 0 Å². The summed E-state index contributed by atoms with van der Waals surface area (Å²) in [7, 11) is 1.45. The second kappa shape index (κ2) is 3.09. The maximum Gasteiger partial charge on any atom is 0.225 e. The van der Waals surface area contributed by atoms with Crippen LogP contribution < -0.4 is 0 Å². The molecule has 0 unspecified atom stereocenters. The topological polar surface area (TPSA) is 48.5 Å². The van der Waals surface area contributed by atoms with Crippen molar-refractivity contribution in [1.29, 1.82) is 5.26 Å². The normalized spacial score (nSPS) is 8.00. The second-order valence-corrected chi connectivity index (χ2v) is 0.400. The first kappa shape index (κ1) is 4.09. The molecule has 0 aromatic heterocycles. The van der Waals surface area contributed by atoms with Gasteiger partial charge in [0, 0.05) is 0 Å². The van der Waals surface area contributed by atoms with Crippen molar-refractivity contribution in [3.8, 4) is 6.19 Å². The van der Waals surface area contributed by atoms with Crippen LogP contribution in [0.4, 0.5) is 0 Å². The summed E-state index contributed by atoms with van der Waals surface area (Å²) in [5.41, 5.74) is 0. The summed E-state index contributed by atoms with van der Waals surface area (Å²) in [5, 5.41) is 13.6. The third-order valence-corrected chi connectivity index (χ3v) is 0.145. The van der Waals surface area contributed by atoms with Crippen LogP contribution in [0.25, 0.3) is 0 Å². The Kier molecular flexibility index (Phi) is 2.53. The van der Waals surface area contributed by atoms with Crippen molar-refractivity contribution in [2.45, 2.75) is 0 Å². The molecule has 0 rings (SSSR count). The summed E-state index contributed by atoms with van der Waals surface area (Å²) in [5.74, 6) is 0. The molecule has 0 saturated carbocycles. The maximum absolute atomic E-state index is 7.56. The number of nitrogens with zero attached hydrogens (tertiary/aromatic N) is 3. The Labute approximate surface area is 29.9 Å². The van der Waals surface area contributed by atoms with Gasteiger partial charge in [-0.25, -0.2) is 0 Å². The Hall–Kier alpha value is -0.910. The van der Waals surface area contributed by atoms with Gasteiger partial charge in [0.15, 0.2) is 0 Å². The molecule has 0 fully saturated rings. The van der Waals surface area contributed by atoms with Crippen LogP contribution in [-0.2, 0) is 0 Å². The first-order valence-electron chi connectivity index (χ1n) is 1.09. The Morgan fingerprint density at radius 1 is 1.80 bits per heavy atom. The fraction of sp³-hybridized carbons (Fsp3) is 0.500. The van der Waals surface area contributed by atoms with E-state index in [2.05, 4.69) is 10.2 Å². The van der Waals surface area contributed by atoms with Crippen molar-refractivity contribution in [3.63, 3.8) is 0 Å². The van der Waals surface area contributed by atoms with Gasteiger partial charge in [-0.05, 0) is 0 Å². The Balaban J connectivity index is 3.04. The van der Waals surface area contributed by atoms with Gasteiger partial charge in [-0.15, -0.1) is 0 Å². The van der Waals surface area contributed by atoms with Gasteiger partial charge in [-0.1, -0.05) is 5.11 Å².